The summed E-state index contributed by atoms with van der Waals surface area (Å²) in [6.07, 6.45) is 3.32. The zero-order chi connectivity index (χ0) is 79.7. The SMILES string of the molecule is CC(C)(C)c1cc(-c2cc(-c3ccc(-c4ccc(CC(C)(C)C(F)(F)F)cc4)cc3)c(C(F)(F)F)cn2)[c-]c2ccccc12.CC(C)(C)c1cc(-c2cc(-c3ccc(-c4ccccc4)cc3)ccn2)[c-]c2ccccc12.CCC(C)(CC)C(=O)C=C(O)C(C)(CC)CC.CCC(CC)C(=O)C=C(O)C(CC)CC.[Ir].[Ir]. The molecular weight excluding hydrogens is 1740 g/mol. The van der Waals surface area contributed by atoms with Crippen molar-refractivity contribution in [3.8, 4) is 67.0 Å². The van der Waals surface area contributed by atoms with Crippen LogP contribution in [0.4, 0.5) is 26.3 Å². The molecule has 10 aromatic rings. The summed E-state index contributed by atoms with van der Waals surface area (Å²) in [6, 6.07) is 65.8. The van der Waals surface area contributed by atoms with E-state index >= 15 is 0 Å². The first-order valence-electron chi connectivity index (χ1n) is 38.1. The maximum absolute atomic E-state index is 14.2. The number of halogens is 6. The molecule has 0 amide bonds. The van der Waals surface area contributed by atoms with Crippen molar-refractivity contribution in [3.63, 3.8) is 0 Å². The molecule has 2 N–H and O–H groups in total. The average Bonchev–Trinajstić information content (AvgIpc) is 0.771. The fraction of sp³-hybridized carbons (Fsp3) is 0.375. The van der Waals surface area contributed by atoms with E-state index in [1.54, 1.807) is 48.5 Å². The number of nitrogens with zero attached hydrogens (tertiary/aromatic N) is 2. The fourth-order valence-electron chi connectivity index (χ4n) is 13.0. The van der Waals surface area contributed by atoms with Gasteiger partial charge in [-0.3, -0.25) is 19.6 Å². The van der Waals surface area contributed by atoms with Crippen LogP contribution in [0.15, 0.2) is 218 Å². The van der Waals surface area contributed by atoms with Gasteiger partial charge < -0.3 is 10.2 Å². The molecule has 2 radical (unpaired) electrons. The molecule has 10 rings (SSSR count). The third kappa shape index (κ3) is 23.7. The van der Waals surface area contributed by atoms with Crippen LogP contribution >= 0.6 is 0 Å². The number of carbonyl (C=O) groups is 2. The van der Waals surface area contributed by atoms with Crippen molar-refractivity contribution in [3.05, 3.63) is 252 Å². The maximum Gasteiger partial charge on any atom is 0.418 e. The number of benzene rings is 8. The Morgan fingerprint density at radius 2 is 0.836 bits per heavy atom. The van der Waals surface area contributed by atoms with Gasteiger partial charge in [0.15, 0.2) is 11.6 Å². The Balaban J connectivity index is 0.000000287. The Kier molecular flexibility index (Phi) is 33.5. The number of ketones is 2. The van der Waals surface area contributed by atoms with Crippen molar-refractivity contribution in [2.24, 2.45) is 28.1 Å². The van der Waals surface area contributed by atoms with Crippen LogP contribution in [0.3, 0.4) is 0 Å². The van der Waals surface area contributed by atoms with Gasteiger partial charge >= 0.3 is 12.4 Å². The van der Waals surface area contributed by atoms with Crippen molar-refractivity contribution < 1.29 is 86.4 Å². The molecule has 0 aliphatic heterocycles. The maximum atomic E-state index is 14.2. The molecule has 14 heteroatoms. The van der Waals surface area contributed by atoms with Crippen molar-refractivity contribution in [2.45, 2.75) is 206 Å². The van der Waals surface area contributed by atoms with Crippen LogP contribution in [0.25, 0.3) is 88.6 Å². The molecule has 590 valence electrons. The Morgan fingerprint density at radius 3 is 1.25 bits per heavy atom. The number of aliphatic hydroxyl groups is 2. The van der Waals surface area contributed by atoms with E-state index in [1.165, 1.54) is 59.7 Å². The Morgan fingerprint density at radius 1 is 0.436 bits per heavy atom. The van der Waals surface area contributed by atoms with E-state index in [9.17, 15) is 46.1 Å². The number of aromatic nitrogens is 2. The van der Waals surface area contributed by atoms with Gasteiger partial charge in [-0.25, -0.2) is 0 Å². The van der Waals surface area contributed by atoms with Gasteiger partial charge in [0.2, 0.25) is 0 Å². The Labute approximate surface area is 677 Å². The van der Waals surface area contributed by atoms with Gasteiger partial charge in [0.05, 0.1) is 16.7 Å². The van der Waals surface area contributed by atoms with E-state index in [1.807, 2.05) is 112 Å². The van der Waals surface area contributed by atoms with Gasteiger partial charge in [-0.1, -0.05) is 298 Å². The molecule has 2 heterocycles. The van der Waals surface area contributed by atoms with E-state index in [-0.39, 0.29) is 109 Å². The van der Waals surface area contributed by atoms with Crippen molar-refractivity contribution in [1.29, 1.82) is 0 Å². The second-order valence-electron chi connectivity index (χ2n) is 31.5. The predicted octanol–water partition coefficient (Wildman–Crippen LogP) is 28.3. The van der Waals surface area contributed by atoms with Crippen molar-refractivity contribution in [1.82, 2.24) is 9.97 Å². The second kappa shape index (κ2) is 39.9. The number of hydrogen-bond donors (Lipinski definition) is 2. The average molecular weight is 1850 g/mol. The minimum Gasteiger partial charge on any atom is -0.512 e. The Bertz CT molecular complexity index is 4690. The first-order valence-corrected chi connectivity index (χ1v) is 38.1. The summed E-state index contributed by atoms with van der Waals surface area (Å²) >= 11 is 0. The standard InChI is InChI=1S/C37H32F6N.C31H26N.C15H28O2.C13H24O2.2Ir/c1-34(2,3)31-19-28(18-27-8-6-7-9-29(27)31)33-20-30(32(22-44-33)36(38,39)40)26-16-14-25(15-17-26)24-12-10-23(11-13-24)21-35(4,5)37(41,42)43;1-31(2,3)29-20-27(19-26-11-7-8-12-28(26)29)30-21-25(17-18-32-30)24-15-13-23(14-16-24)22-9-5-4-6-10-22;1-7-14(5,8-2)12(16)11-13(17)15(6,9-3)10-4;1-5-10(6-2)12(14)9-13(15)11(7-3)8-4;;/h6-17,19-20,22H,21H2,1-5H3;4-18,20-21H,1-3H3;11,16H,7-10H2,1-6H3;9-11,14H,5-8H2,1-4H3;;/q2*-1;;;;. The third-order valence-electron chi connectivity index (χ3n) is 21.6. The topological polar surface area (TPSA) is 100 Å². The van der Waals surface area contributed by atoms with Crippen LogP contribution in [-0.4, -0.2) is 37.9 Å². The van der Waals surface area contributed by atoms with E-state index in [2.05, 4.69) is 150 Å². The van der Waals surface area contributed by atoms with Gasteiger partial charge in [-0.15, -0.1) is 58.3 Å². The van der Waals surface area contributed by atoms with E-state index < -0.39 is 23.3 Å². The van der Waals surface area contributed by atoms with Gasteiger partial charge in [-0.05, 0) is 125 Å². The molecule has 6 nitrogen and oxygen atoms in total. The molecule has 0 aliphatic rings. The van der Waals surface area contributed by atoms with Gasteiger partial charge in [0, 0.05) is 98.8 Å². The first kappa shape index (κ1) is 92.5. The molecular formula is C96H110F6Ir2N2O4-2. The summed E-state index contributed by atoms with van der Waals surface area (Å²) in [5, 5.41) is 24.2. The normalized spacial score (nSPS) is 12.4. The molecule has 0 aliphatic carbocycles. The van der Waals surface area contributed by atoms with Crippen LogP contribution in [0.2, 0.25) is 0 Å². The van der Waals surface area contributed by atoms with Crippen LogP contribution in [0.1, 0.15) is 198 Å². The number of aliphatic hydroxyl groups excluding tert-OH is 2. The number of allylic oxidation sites excluding steroid dienone is 4. The molecule has 2 aromatic heterocycles. The Hall–Kier alpha value is -8.12. The number of carbonyl (C=O) groups excluding carboxylic acids is 2. The molecule has 0 saturated heterocycles. The van der Waals surface area contributed by atoms with Gasteiger partial charge in [0.25, 0.3) is 0 Å². The number of hydrogen-bond acceptors (Lipinski definition) is 6. The largest absolute Gasteiger partial charge is 0.512 e. The summed E-state index contributed by atoms with van der Waals surface area (Å²) in [5.41, 5.74) is 9.03. The summed E-state index contributed by atoms with van der Waals surface area (Å²) in [6.45, 7) is 35.5. The van der Waals surface area contributed by atoms with Crippen LogP contribution in [0.5, 0.6) is 0 Å². The zero-order valence-electron chi connectivity index (χ0n) is 67.2. The predicted molar refractivity (Wildman–Crippen MR) is 437 cm³/mol. The zero-order valence-corrected chi connectivity index (χ0v) is 72.0. The summed E-state index contributed by atoms with van der Waals surface area (Å²) in [5.74, 6) is 0.833. The molecule has 0 unspecified atom stereocenters. The molecule has 8 aromatic carbocycles. The van der Waals surface area contributed by atoms with Crippen molar-refractivity contribution >= 4 is 33.1 Å². The molecule has 110 heavy (non-hydrogen) atoms. The van der Waals surface area contributed by atoms with Crippen LogP contribution in [0, 0.1) is 40.2 Å². The summed E-state index contributed by atoms with van der Waals surface area (Å²) < 4.78 is 82.4. The van der Waals surface area contributed by atoms with E-state index in [4.69, 9.17) is 4.98 Å². The third-order valence-corrected chi connectivity index (χ3v) is 21.6. The summed E-state index contributed by atoms with van der Waals surface area (Å²) in [7, 11) is 0. The minimum absolute atomic E-state index is 0. The number of alkyl halides is 6. The second-order valence-corrected chi connectivity index (χ2v) is 31.5. The number of pyridine rings is 2. The minimum atomic E-state index is -4.62. The number of rotatable bonds is 22. The molecule has 0 bridgehead atoms. The molecule has 0 saturated carbocycles. The fourth-order valence-corrected chi connectivity index (χ4v) is 13.0. The molecule has 0 atom stereocenters. The molecule has 0 fully saturated rings. The smallest absolute Gasteiger partial charge is 0.418 e. The quantitative estimate of drug-likeness (QED) is 0.0303. The first-order chi connectivity index (χ1) is 50.8. The van der Waals surface area contributed by atoms with Gasteiger partial charge in [-0.2, -0.15) is 26.3 Å². The molecule has 0 spiro atoms. The summed E-state index contributed by atoms with van der Waals surface area (Å²) in [4.78, 5) is 32.8. The van der Waals surface area contributed by atoms with Crippen molar-refractivity contribution in [2.75, 3.05) is 0 Å². The van der Waals surface area contributed by atoms with Crippen LogP contribution < -0.4 is 0 Å². The number of fused-ring (bicyclic) bond motifs is 2. The monoisotopic (exact) mass is 1850 g/mol. The van der Waals surface area contributed by atoms with E-state index in [0.29, 0.717) is 22.4 Å². The van der Waals surface area contributed by atoms with E-state index in [0.717, 1.165) is 107 Å². The van der Waals surface area contributed by atoms with Gasteiger partial charge in [0.1, 0.15) is 5.76 Å². The van der Waals surface area contributed by atoms with Crippen LogP contribution in [-0.2, 0) is 73.2 Å².